The molecule has 4 rings (SSSR count). The standard InChI is InChI=1S/C17H12ClFN2O2S/c18-13-7-10(19)5-6-12(13)16(22)23-11-8-21(9-11)17-20-14-3-1-2-4-15(14)24-17/h1-7,11H,8-9H2. The van der Waals surface area contributed by atoms with Crippen molar-refractivity contribution in [1.29, 1.82) is 0 Å². The summed E-state index contributed by atoms with van der Waals surface area (Å²) in [5.74, 6) is -1.02. The van der Waals surface area contributed by atoms with Crippen molar-refractivity contribution in [2.24, 2.45) is 0 Å². The Kier molecular flexibility index (Phi) is 3.86. The SMILES string of the molecule is O=C(OC1CN(c2nc3ccccc3s2)C1)c1ccc(F)cc1Cl. The normalized spacial score (nSPS) is 14.7. The van der Waals surface area contributed by atoms with Crippen LogP contribution in [0.25, 0.3) is 10.2 Å². The van der Waals surface area contributed by atoms with Crippen molar-refractivity contribution in [2.45, 2.75) is 6.10 Å². The molecule has 0 radical (unpaired) electrons. The second kappa shape index (κ2) is 6.03. The van der Waals surface area contributed by atoms with Crippen molar-refractivity contribution in [3.05, 3.63) is 58.9 Å². The molecule has 24 heavy (non-hydrogen) atoms. The third-order valence-corrected chi connectivity index (χ3v) is 5.24. The number of aromatic nitrogens is 1. The first kappa shape index (κ1) is 15.4. The predicted molar refractivity (Wildman–Crippen MR) is 92.4 cm³/mol. The zero-order chi connectivity index (χ0) is 16.7. The lowest BCUT2D eigenvalue weighted by Crippen LogP contribution is -2.53. The van der Waals surface area contributed by atoms with Gasteiger partial charge >= 0.3 is 5.97 Å². The lowest BCUT2D eigenvalue weighted by Gasteiger charge is -2.38. The number of hydrogen-bond acceptors (Lipinski definition) is 5. The number of halogens is 2. The molecule has 0 unspecified atom stereocenters. The van der Waals surface area contributed by atoms with E-state index >= 15 is 0 Å². The van der Waals surface area contributed by atoms with Gasteiger partial charge in [-0.3, -0.25) is 0 Å². The van der Waals surface area contributed by atoms with Crippen LogP contribution < -0.4 is 4.90 Å². The average Bonchev–Trinajstić information content (AvgIpc) is 2.93. The van der Waals surface area contributed by atoms with Crippen molar-refractivity contribution >= 4 is 44.3 Å². The molecule has 0 aliphatic carbocycles. The van der Waals surface area contributed by atoms with Crippen LogP contribution in [-0.2, 0) is 4.74 Å². The maximum atomic E-state index is 13.0. The molecule has 0 atom stereocenters. The molecular formula is C17H12ClFN2O2S. The molecule has 1 aliphatic rings. The van der Waals surface area contributed by atoms with Gasteiger partial charge in [-0.25, -0.2) is 14.2 Å². The van der Waals surface area contributed by atoms with Crippen molar-refractivity contribution in [1.82, 2.24) is 4.98 Å². The Morgan fingerprint density at radius 2 is 2.08 bits per heavy atom. The molecule has 122 valence electrons. The van der Waals surface area contributed by atoms with Crippen LogP contribution in [0.3, 0.4) is 0 Å². The maximum Gasteiger partial charge on any atom is 0.340 e. The quantitative estimate of drug-likeness (QED) is 0.657. The summed E-state index contributed by atoms with van der Waals surface area (Å²) in [6.45, 7) is 1.18. The summed E-state index contributed by atoms with van der Waals surface area (Å²) >= 11 is 7.49. The van der Waals surface area contributed by atoms with E-state index in [1.807, 2.05) is 24.3 Å². The molecule has 4 nitrogen and oxygen atoms in total. The molecule has 1 saturated heterocycles. The van der Waals surface area contributed by atoms with Crippen molar-refractivity contribution in [2.75, 3.05) is 18.0 Å². The predicted octanol–water partition coefficient (Wildman–Crippen LogP) is 4.13. The van der Waals surface area contributed by atoms with Crippen LogP contribution in [0.4, 0.5) is 9.52 Å². The number of hydrogen-bond donors (Lipinski definition) is 0. The second-order valence-electron chi connectivity index (χ2n) is 5.52. The Hall–Kier alpha value is -2.18. The molecule has 1 aliphatic heterocycles. The number of ether oxygens (including phenoxy) is 1. The van der Waals surface area contributed by atoms with E-state index in [0.717, 1.165) is 21.4 Å². The van der Waals surface area contributed by atoms with E-state index in [1.54, 1.807) is 11.3 Å². The molecule has 0 saturated carbocycles. The summed E-state index contributed by atoms with van der Waals surface area (Å²) in [6, 6.07) is 11.6. The molecule has 7 heteroatoms. The van der Waals surface area contributed by atoms with Gasteiger partial charge in [0.25, 0.3) is 0 Å². The number of carbonyl (C=O) groups is 1. The molecule has 0 N–H and O–H groups in total. The number of para-hydroxylation sites is 1. The van der Waals surface area contributed by atoms with Crippen molar-refractivity contribution < 1.29 is 13.9 Å². The van der Waals surface area contributed by atoms with Crippen LogP contribution in [-0.4, -0.2) is 30.1 Å². The van der Waals surface area contributed by atoms with Gasteiger partial charge in [-0.2, -0.15) is 0 Å². The molecule has 0 spiro atoms. The number of benzene rings is 2. The van der Waals surface area contributed by atoms with Crippen LogP contribution in [0.5, 0.6) is 0 Å². The minimum atomic E-state index is -0.533. The first-order chi connectivity index (χ1) is 11.6. The first-order valence-corrected chi connectivity index (χ1v) is 8.56. The summed E-state index contributed by atoms with van der Waals surface area (Å²) in [7, 11) is 0. The van der Waals surface area contributed by atoms with E-state index < -0.39 is 11.8 Å². The fourth-order valence-corrected chi connectivity index (χ4v) is 3.76. The van der Waals surface area contributed by atoms with Crippen LogP contribution in [0.1, 0.15) is 10.4 Å². The number of esters is 1. The van der Waals surface area contributed by atoms with E-state index in [9.17, 15) is 9.18 Å². The fraction of sp³-hybridized carbons (Fsp3) is 0.176. The lowest BCUT2D eigenvalue weighted by atomic mass is 10.1. The van der Waals surface area contributed by atoms with Gasteiger partial charge in [0.1, 0.15) is 11.9 Å². The number of anilines is 1. The zero-order valence-corrected chi connectivity index (χ0v) is 14.0. The van der Waals surface area contributed by atoms with Gasteiger partial charge in [0.05, 0.1) is 33.9 Å². The summed E-state index contributed by atoms with van der Waals surface area (Å²) in [5, 5.41) is 0.977. The van der Waals surface area contributed by atoms with Gasteiger partial charge in [0.2, 0.25) is 0 Å². The number of thiazole rings is 1. The molecule has 2 heterocycles. The van der Waals surface area contributed by atoms with Gasteiger partial charge in [0.15, 0.2) is 5.13 Å². The molecule has 0 bridgehead atoms. The smallest absolute Gasteiger partial charge is 0.340 e. The monoisotopic (exact) mass is 362 g/mol. The van der Waals surface area contributed by atoms with Crippen molar-refractivity contribution in [3.63, 3.8) is 0 Å². The van der Waals surface area contributed by atoms with E-state index in [4.69, 9.17) is 16.3 Å². The lowest BCUT2D eigenvalue weighted by molar-refractivity contribution is 0.0234. The molecule has 1 fully saturated rings. The fourth-order valence-electron chi connectivity index (χ4n) is 2.53. The highest BCUT2D eigenvalue weighted by Gasteiger charge is 2.32. The Labute approximate surface area is 146 Å². The highest BCUT2D eigenvalue weighted by atomic mass is 35.5. The summed E-state index contributed by atoms with van der Waals surface area (Å²) in [6.07, 6.45) is -0.217. The number of fused-ring (bicyclic) bond motifs is 1. The average molecular weight is 363 g/mol. The van der Waals surface area contributed by atoms with E-state index in [-0.39, 0.29) is 16.7 Å². The molecular weight excluding hydrogens is 351 g/mol. The molecule has 3 aromatic rings. The maximum absolute atomic E-state index is 13.0. The van der Waals surface area contributed by atoms with Crippen molar-refractivity contribution in [3.8, 4) is 0 Å². The Morgan fingerprint density at radius 3 is 2.83 bits per heavy atom. The van der Waals surface area contributed by atoms with Gasteiger partial charge < -0.3 is 9.64 Å². The number of nitrogens with zero attached hydrogens (tertiary/aromatic N) is 2. The summed E-state index contributed by atoms with van der Waals surface area (Å²) in [4.78, 5) is 18.7. The van der Waals surface area contributed by atoms with Gasteiger partial charge in [-0.05, 0) is 30.3 Å². The van der Waals surface area contributed by atoms with Crippen LogP contribution in [0.15, 0.2) is 42.5 Å². The molecule has 1 aromatic heterocycles. The summed E-state index contributed by atoms with van der Waals surface area (Å²) in [5.41, 5.74) is 1.15. The third kappa shape index (κ3) is 2.83. The largest absolute Gasteiger partial charge is 0.455 e. The van der Waals surface area contributed by atoms with Gasteiger partial charge in [0, 0.05) is 0 Å². The second-order valence-corrected chi connectivity index (χ2v) is 6.94. The topological polar surface area (TPSA) is 42.4 Å². The summed E-state index contributed by atoms with van der Waals surface area (Å²) < 4.78 is 19.6. The Bertz CT molecular complexity index is 891. The number of carbonyl (C=O) groups excluding carboxylic acids is 1. The van der Waals surface area contributed by atoms with Crippen LogP contribution in [0, 0.1) is 5.82 Å². The molecule has 0 amide bonds. The Balaban J connectivity index is 1.39. The molecule has 2 aromatic carbocycles. The zero-order valence-electron chi connectivity index (χ0n) is 12.4. The Morgan fingerprint density at radius 1 is 1.29 bits per heavy atom. The van der Waals surface area contributed by atoms with E-state index in [1.165, 1.54) is 12.1 Å². The highest BCUT2D eigenvalue weighted by Crippen LogP contribution is 2.32. The minimum absolute atomic E-state index is 0.0577. The van der Waals surface area contributed by atoms with Gasteiger partial charge in [-0.15, -0.1) is 0 Å². The van der Waals surface area contributed by atoms with Crippen LogP contribution >= 0.6 is 22.9 Å². The van der Waals surface area contributed by atoms with E-state index in [0.29, 0.717) is 13.1 Å². The highest BCUT2D eigenvalue weighted by molar-refractivity contribution is 7.22. The van der Waals surface area contributed by atoms with Gasteiger partial charge in [-0.1, -0.05) is 35.1 Å². The van der Waals surface area contributed by atoms with E-state index in [2.05, 4.69) is 9.88 Å². The van der Waals surface area contributed by atoms with Crippen LogP contribution in [0.2, 0.25) is 5.02 Å². The minimum Gasteiger partial charge on any atom is -0.455 e. The number of rotatable bonds is 3. The first-order valence-electron chi connectivity index (χ1n) is 7.37. The third-order valence-electron chi connectivity index (χ3n) is 3.83.